The second kappa shape index (κ2) is 8.52. The predicted molar refractivity (Wildman–Crippen MR) is 103 cm³/mol. The van der Waals surface area contributed by atoms with Gasteiger partial charge in [0.25, 0.3) is 0 Å². The van der Waals surface area contributed by atoms with Crippen molar-refractivity contribution in [3.63, 3.8) is 0 Å². The lowest BCUT2D eigenvalue weighted by molar-refractivity contribution is 0.0289. The number of hydrogen-bond acceptors (Lipinski definition) is 4. The minimum absolute atomic E-state index is 0.865. The molecule has 3 saturated heterocycles. The highest BCUT2D eigenvalue weighted by atomic mass is 16.5. The van der Waals surface area contributed by atoms with E-state index >= 15 is 0 Å². The molecule has 3 aliphatic heterocycles. The number of benzene rings is 1. The molecular formula is C21H33N3O. The van der Waals surface area contributed by atoms with E-state index in [0.29, 0.717) is 0 Å². The summed E-state index contributed by atoms with van der Waals surface area (Å²) in [5.74, 6) is 0.865. The minimum atomic E-state index is 0.865. The van der Waals surface area contributed by atoms with Crippen LogP contribution in [0.3, 0.4) is 0 Å². The van der Waals surface area contributed by atoms with Crippen LogP contribution >= 0.6 is 0 Å². The maximum atomic E-state index is 5.46. The highest BCUT2D eigenvalue weighted by Crippen LogP contribution is 2.25. The van der Waals surface area contributed by atoms with Gasteiger partial charge in [-0.1, -0.05) is 12.1 Å². The largest absolute Gasteiger partial charge is 0.379 e. The molecule has 0 spiro atoms. The lowest BCUT2D eigenvalue weighted by atomic mass is 9.95. The highest BCUT2D eigenvalue weighted by molar-refractivity contribution is 5.48. The van der Waals surface area contributed by atoms with Crippen LogP contribution in [0.15, 0.2) is 24.3 Å². The molecule has 0 radical (unpaired) electrons. The van der Waals surface area contributed by atoms with Gasteiger partial charge in [0.1, 0.15) is 0 Å². The second-order valence-electron chi connectivity index (χ2n) is 7.99. The Balaban J connectivity index is 1.24. The smallest absolute Gasteiger partial charge is 0.0594 e. The van der Waals surface area contributed by atoms with E-state index in [9.17, 15) is 0 Å². The molecule has 3 aliphatic rings. The third kappa shape index (κ3) is 4.75. The van der Waals surface area contributed by atoms with Gasteiger partial charge in [-0.05, 0) is 62.4 Å². The summed E-state index contributed by atoms with van der Waals surface area (Å²) in [7, 11) is 0. The Kier molecular flexibility index (Phi) is 5.90. The number of anilines is 1. The lowest BCUT2D eigenvalue weighted by Crippen LogP contribution is -2.42. The summed E-state index contributed by atoms with van der Waals surface area (Å²) >= 11 is 0. The van der Waals surface area contributed by atoms with E-state index in [1.165, 1.54) is 69.7 Å². The summed E-state index contributed by atoms with van der Waals surface area (Å²) in [6.07, 6.45) is 5.40. The van der Waals surface area contributed by atoms with Crippen molar-refractivity contribution >= 4 is 5.69 Å². The molecular weight excluding hydrogens is 310 g/mol. The summed E-state index contributed by atoms with van der Waals surface area (Å²) in [5, 5.41) is 0. The quantitative estimate of drug-likeness (QED) is 0.818. The molecule has 0 bridgehead atoms. The molecule has 25 heavy (non-hydrogen) atoms. The molecule has 1 aromatic rings. The summed E-state index contributed by atoms with van der Waals surface area (Å²) in [6.45, 7) is 11.5. The van der Waals surface area contributed by atoms with Crippen LogP contribution in [0.4, 0.5) is 5.69 Å². The van der Waals surface area contributed by atoms with E-state index in [4.69, 9.17) is 4.74 Å². The van der Waals surface area contributed by atoms with Gasteiger partial charge in [-0.25, -0.2) is 0 Å². The van der Waals surface area contributed by atoms with Gasteiger partial charge in [0.05, 0.1) is 13.2 Å². The zero-order chi connectivity index (χ0) is 16.9. The Labute approximate surface area is 152 Å². The van der Waals surface area contributed by atoms with Crippen molar-refractivity contribution in [3.8, 4) is 0 Å². The average molecular weight is 344 g/mol. The van der Waals surface area contributed by atoms with Gasteiger partial charge in [0.2, 0.25) is 0 Å². The maximum absolute atomic E-state index is 5.46. The molecule has 4 heteroatoms. The number of nitrogens with zero attached hydrogens (tertiary/aromatic N) is 3. The first-order chi connectivity index (χ1) is 12.4. The highest BCUT2D eigenvalue weighted by Gasteiger charge is 2.22. The number of rotatable bonds is 5. The van der Waals surface area contributed by atoms with Crippen LogP contribution in [0.5, 0.6) is 0 Å². The third-order valence-corrected chi connectivity index (χ3v) is 6.14. The van der Waals surface area contributed by atoms with Crippen molar-refractivity contribution in [2.45, 2.75) is 32.2 Å². The van der Waals surface area contributed by atoms with E-state index < -0.39 is 0 Å². The van der Waals surface area contributed by atoms with Gasteiger partial charge < -0.3 is 9.64 Å². The minimum Gasteiger partial charge on any atom is -0.379 e. The molecule has 4 nitrogen and oxygen atoms in total. The van der Waals surface area contributed by atoms with Gasteiger partial charge in [-0.3, -0.25) is 9.80 Å². The fourth-order valence-electron chi connectivity index (χ4n) is 4.53. The summed E-state index contributed by atoms with van der Waals surface area (Å²) in [4.78, 5) is 7.75. The monoisotopic (exact) mass is 343 g/mol. The van der Waals surface area contributed by atoms with E-state index in [0.717, 1.165) is 38.8 Å². The molecule has 0 atom stereocenters. The zero-order valence-corrected chi connectivity index (χ0v) is 15.5. The van der Waals surface area contributed by atoms with Crippen molar-refractivity contribution in [2.24, 2.45) is 5.92 Å². The van der Waals surface area contributed by atoms with E-state index in [2.05, 4.69) is 39.0 Å². The molecule has 3 fully saturated rings. The van der Waals surface area contributed by atoms with Gasteiger partial charge in [-0.15, -0.1) is 0 Å². The molecule has 138 valence electrons. The summed E-state index contributed by atoms with van der Waals surface area (Å²) in [5.41, 5.74) is 2.88. The van der Waals surface area contributed by atoms with E-state index in [1.54, 1.807) is 0 Å². The van der Waals surface area contributed by atoms with Crippen molar-refractivity contribution in [1.82, 2.24) is 9.80 Å². The Bertz CT molecular complexity index is 512. The number of piperidine rings is 1. The van der Waals surface area contributed by atoms with Crippen LogP contribution in [0, 0.1) is 5.92 Å². The molecule has 1 aromatic carbocycles. The topological polar surface area (TPSA) is 19.0 Å². The van der Waals surface area contributed by atoms with Gasteiger partial charge in [-0.2, -0.15) is 0 Å². The van der Waals surface area contributed by atoms with Crippen LogP contribution in [0.25, 0.3) is 0 Å². The second-order valence-corrected chi connectivity index (χ2v) is 7.99. The molecule has 0 saturated carbocycles. The first-order valence-corrected chi connectivity index (χ1v) is 10.2. The zero-order valence-electron chi connectivity index (χ0n) is 15.5. The maximum Gasteiger partial charge on any atom is 0.0594 e. The lowest BCUT2D eigenvalue weighted by Gasteiger charge is -2.37. The van der Waals surface area contributed by atoms with E-state index in [1.807, 2.05) is 0 Å². The van der Waals surface area contributed by atoms with Crippen molar-refractivity contribution in [1.29, 1.82) is 0 Å². The first kappa shape index (κ1) is 17.3. The number of morpholine rings is 1. The number of hydrogen-bond donors (Lipinski definition) is 0. The van der Waals surface area contributed by atoms with Gasteiger partial charge in [0, 0.05) is 45.0 Å². The Morgan fingerprint density at radius 2 is 1.48 bits per heavy atom. The Morgan fingerprint density at radius 1 is 0.800 bits per heavy atom. The predicted octanol–water partition coefficient (Wildman–Crippen LogP) is 2.83. The molecule has 0 aliphatic carbocycles. The summed E-state index contributed by atoms with van der Waals surface area (Å²) in [6, 6.07) is 9.36. The molecule has 0 N–H and O–H groups in total. The standard InChI is InChI=1S/C21H33N3O/c1-2-10-22(9-1)17-19-3-5-21(6-4-19)24-11-7-20(8-12-24)18-23-13-15-25-16-14-23/h3-6,20H,1-2,7-18H2. The first-order valence-electron chi connectivity index (χ1n) is 10.2. The number of likely N-dealkylation sites (tertiary alicyclic amines) is 1. The third-order valence-electron chi connectivity index (χ3n) is 6.14. The SMILES string of the molecule is c1cc(N2CCC(CN3CCOCC3)CC2)ccc1CN1CCCC1. The van der Waals surface area contributed by atoms with Crippen LogP contribution in [-0.4, -0.2) is 68.8 Å². The van der Waals surface area contributed by atoms with Crippen molar-refractivity contribution in [2.75, 3.05) is 63.9 Å². The average Bonchev–Trinajstić information content (AvgIpc) is 3.17. The number of ether oxygens (including phenoxy) is 1. The van der Waals surface area contributed by atoms with Crippen LogP contribution in [-0.2, 0) is 11.3 Å². The normalized spacial score (nSPS) is 24.1. The van der Waals surface area contributed by atoms with Gasteiger partial charge >= 0.3 is 0 Å². The summed E-state index contributed by atoms with van der Waals surface area (Å²) < 4.78 is 5.46. The molecule has 0 amide bonds. The van der Waals surface area contributed by atoms with E-state index in [-0.39, 0.29) is 0 Å². The van der Waals surface area contributed by atoms with Crippen LogP contribution in [0.2, 0.25) is 0 Å². The fraction of sp³-hybridized carbons (Fsp3) is 0.714. The molecule has 4 rings (SSSR count). The van der Waals surface area contributed by atoms with Crippen LogP contribution in [0.1, 0.15) is 31.2 Å². The van der Waals surface area contributed by atoms with Crippen LogP contribution < -0.4 is 4.90 Å². The fourth-order valence-corrected chi connectivity index (χ4v) is 4.53. The van der Waals surface area contributed by atoms with Crippen molar-refractivity contribution < 1.29 is 4.74 Å². The Morgan fingerprint density at radius 3 is 2.16 bits per heavy atom. The van der Waals surface area contributed by atoms with Crippen molar-refractivity contribution in [3.05, 3.63) is 29.8 Å². The molecule has 0 unspecified atom stereocenters. The van der Waals surface area contributed by atoms with Gasteiger partial charge in [0.15, 0.2) is 0 Å². The Hall–Kier alpha value is -1.10. The molecule has 3 heterocycles. The molecule has 0 aromatic heterocycles.